The van der Waals surface area contributed by atoms with Gasteiger partial charge in [0.05, 0.1) is 0 Å². The van der Waals surface area contributed by atoms with Crippen molar-refractivity contribution in [1.82, 2.24) is 4.98 Å². The minimum Gasteiger partial charge on any atom is -0.423 e. The first kappa shape index (κ1) is 8.83. The van der Waals surface area contributed by atoms with Gasteiger partial charge in [-0.15, -0.1) is 0 Å². The van der Waals surface area contributed by atoms with Crippen LogP contribution in [0.2, 0.25) is 0 Å². The fraction of sp³-hybridized carbons (Fsp3) is 0. The van der Waals surface area contributed by atoms with Gasteiger partial charge in [-0.1, -0.05) is 0 Å². The molecule has 0 unspecified atom stereocenters. The zero-order chi connectivity index (χ0) is 9.14. The molecule has 12 heavy (non-hydrogen) atoms. The van der Waals surface area contributed by atoms with Gasteiger partial charge in [-0.25, -0.2) is 4.98 Å². The van der Waals surface area contributed by atoms with E-state index in [1.807, 2.05) is 0 Å². The number of hydrogen-bond donors (Lipinski definition) is 2. The molecular formula is C6H5BFNO3. The Morgan fingerprint density at radius 1 is 1.58 bits per heavy atom. The van der Waals surface area contributed by atoms with Crippen LogP contribution in [-0.4, -0.2) is 28.4 Å². The normalized spacial score (nSPS) is 9.58. The van der Waals surface area contributed by atoms with Crippen molar-refractivity contribution in [1.29, 1.82) is 0 Å². The molecule has 0 bridgehead atoms. The first-order chi connectivity index (χ1) is 5.65. The topological polar surface area (TPSA) is 70.4 Å². The number of nitrogens with zero attached hydrogens (tertiary/aromatic N) is 1. The molecule has 62 valence electrons. The average Bonchev–Trinajstić information content (AvgIpc) is 2.05. The number of carbonyl (C=O) groups excluding carboxylic acids is 1. The molecular weight excluding hydrogens is 164 g/mol. The van der Waals surface area contributed by atoms with Crippen LogP contribution in [0.5, 0.6) is 0 Å². The number of carbonyl (C=O) groups is 1. The summed E-state index contributed by atoms with van der Waals surface area (Å²) in [4.78, 5) is 13.3. The largest absolute Gasteiger partial charge is 0.493 e. The van der Waals surface area contributed by atoms with Crippen molar-refractivity contribution in [3.05, 3.63) is 23.8 Å². The zero-order valence-electron chi connectivity index (χ0n) is 5.94. The number of aromatic nitrogens is 1. The second-order valence-electron chi connectivity index (χ2n) is 2.14. The third kappa shape index (κ3) is 1.66. The quantitative estimate of drug-likeness (QED) is 0.328. The molecule has 1 aromatic heterocycles. The second kappa shape index (κ2) is 3.42. The Morgan fingerprint density at radius 3 is 2.75 bits per heavy atom. The molecule has 0 amide bonds. The number of pyridine rings is 1. The molecule has 0 atom stereocenters. The molecule has 0 aromatic carbocycles. The molecule has 1 heterocycles. The van der Waals surface area contributed by atoms with E-state index in [1.54, 1.807) is 0 Å². The highest BCUT2D eigenvalue weighted by Gasteiger charge is 2.17. The van der Waals surface area contributed by atoms with Gasteiger partial charge in [-0.2, -0.15) is 4.39 Å². The molecule has 2 N–H and O–H groups in total. The maximum absolute atomic E-state index is 12.6. The van der Waals surface area contributed by atoms with E-state index in [4.69, 9.17) is 10.0 Å². The fourth-order valence-electron chi connectivity index (χ4n) is 0.728. The standard InChI is InChI=1S/C6H5BFNO3/c8-6-5(7(11)12)1-4(3-10)2-9-6/h1-3,11-12H. The molecule has 4 nitrogen and oxygen atoms in total. The molecule has 6 heteroatoms. The van der Waals surface area contributed by atoms with Gasteiger partial charge < -0.3 is 10.0 Å². The van der Waals surface area contributed by atoms with E-state index in [0.29, 0.717) is 6.29 Å². The van der Waals surface area contributed by atoms with Crippen LogP contribution in [0.3, 0.4) is 0 Å². The van der Waals surface area contributed by atoms with Crippen LogP contribution in [0, 0.1) is 5.95 Å². The van der Waals surface area contributed by atoms with E-state index in [-0.39, 0.29) is 5.56 Å². The molecule has 0 saturated heterocycles. The zero-order valence-corrected chi connectivity index (χ0v) is 5.94. The predicted octanol–water partition coefficient (Wildman–Crippen LogP) is -1.29. The van der Waals surface area contributed by atoms with Crippen molar-refractivity contribution in [2.75, 3.05) is 0 Å². The molecule has 1 aromatic rings. The van der Waals surface area contributed by atoms with Crippen molar-refractivity contribution in [3.8, 4) is 0 Å². The summed E-state index contributed by atoms with van der Waals surface area (Å²) in [6, 6.07) is 1.03. The Hall–Kier alpha value is -1.27. The van der Waals surface area contributed by atoms with Gasteiger partial charge in [0.25, 0.3) is 0 Å². The number of hydrogen-bond acceptors (Lipinski definition) is 4. The second-order valence-corrected chi connectivity index (χ2v) is 2.14. The molecule has 1 rings (SSSR count). The highest BCUT2D eigenvalue weighted by molar-refractivity contribution is 6.58. The van der Waals surface area contributed by atoms with Crippen LogP contribution in [0.4, 0.5) is 4.39 Å². The van der Waals surface area contributed by atoms with Crippen molar-refractivity contribution in [3.63, 3.8) is 0 Å². The first-order valence-electron chi connectivity index (χ1n) is 3.12. The van der Waals surface area contributed by atoms with Crippen LogP contribution < -0.4 is 5.46 Å². The molecule has 0 aliphatic heterocycles. The van der Waals surface area contributed by atoms with Gasteiger partial charge >= 0.3 is 7.12 Å². The molecule has 0 aliphatic carbocycles. The molecule has 0 radical (unpaired) electrons. The summed E-state index contributed by atoms with van der Waals surface area (Å²) >= 11 is 0. The Balaban J connectivity index is 3.16. The van der Waals surface area contributed by atoms with Crippen LogP contribution in [0.1, 0.15) is 10.4 Å². The Morgan fingerprint density at radius 2 is 2.25 bits per heavy atom. The van der Waals surface area contributed by atoms with Gasteiger partial charge in [0.2, 0.25) is 5.95 Å². The fourth-order valence-corrected chi connectivity index (χ4v) is 0.728. The summed E-state index contributed by atoms with van der Waals surface area (Å²) in [5, 5.41) is 17.2. The van der Waals surface area contributed by atoms with Crippen molar-refractivity contribution >= 4 is 18.9 Å². The molecule has 0 fully saturated rings. The lowest BCUT2D eigenvalue weighted by Gasteiger charge is -1.99. The van der Waals surface area contributed by atoms with E-state index in [9.17, 15) is 9.18 Å². The van der Waals surface area contributed by atoms with E-state index in [0.717, 1.165) is 12.3 Å². The van der Waals surface area contributed by atoms with Crippen LogP contribution >= 0.6 is 0 Å². The highest BCUT2D eigenvalue weighted by Crippen LogP contribution is 1.94. The number of rotatable bonds is 2. The maximum Gasteiger partial charge on any atom is 0.493 e. The minimum absolute atomic E-state index is 0.0968. The van der Waals surface area contributed by atoms with E-state index >= 15 is 0 Å². The van der Waals surface area contributed by atoms with Crippen molar-refractivity contribution in [2.45, 2.75) is 0 Å². The van der Waals surface area contributed by atoms with Gasteiger partial charge in [-0.3, -0.25) is 4.79 Å². The predicted molar refractivity (Wildman–Crippen MR) is 39.4 cm³/mol. The monoisotopic (exact) mass is 169 g/mol. The van der Waals surface area contributed by atoms with Crippen LogP contribution in [0.15, 0.2) is 12.3 Å². The third-order valence-corrected chi connectivity index (χ3v) is 1.30. The third-order valence-electron chi connectivity index (χ3n) is 1.30. The smallest absolute Gasteiger partial charge is 0.423 e. The first-order valence-corrected chi connectivity index (χ1v) is 3.12. The van der Waals surface area contributed by atoms with Crippen molar-refractivity contribution < 1.29 is 19.2 Å². The van der Waals surface area contributed by atoms with Gasteiger partial charge in [0.15, 0.2) is 6.29 Å². The lowest BCUT2D eigenvalue weighted by molar-refractivity contribution is 0.112. The van der Waals surface area contributed by atoms with Crippen LogP contribution in [-0.2, 0) is 0 Å². The summed E-state index contributed by atoms with van der Waals surface area (Å²) in [6.07, 6.45) is 1.45. The number of aldehydes is 1. The summed E-state index contributed by atoms with van der Waals surface area (Å²) in [5.74, 6) is -0.990. The lowest BCUT2D eigenvalue weighted by atomic mass is 9.81. The van der Waals surface area contributed by atoms with Gasteiger partial charge in [-0.05, 0) is 6.07 Å². The molecule has 0 saturated carbocycles. The Kier molecular flexibility index (Phi) is 2.52. The number of halogens is 1. The van der Waals surface area contributed by atoms with Crippen LogP contribution in [0.25, 0.3) is 0 Å². The van der Waals surface area contributed by atoms with E-state index in [2.05, 4.69) is 4.98 Å². The van der Waals surface area contributed by atoms with E-state index in [1.165, 1.54) is 0 Å². The average molecular weight is 169 g/mol. The Bertz CT molecular complexity index is 305. The maximum atomic E-state index is 12.6. The summed E-state index contributed by atoms with van der Waals surface area (Å²) in [5.41, 5.74) is -0.306. The van der Waals surface area contributed by atoms with Gasteiger partial charge in [0.1, 0.15) is 0 Å². The van der Waals surface area contributed by atoms with Crippen molar-refractivity contribution in [2.24, 2.45) is 0 Å². The summed E-state index contributed by atoms with van der Waals surface area (Å²) in [6.45, 7) is 0. The lowest BCUT2D eigenvalue weighted by Crippen LogP contribution is -2.33. The summed E-state index contributed by atoms with van der Waals surface area (Å²) < 4.78 is 12.6. The Labute approximate surface area is 67.8 Å². The molecule has 0 aliphatic rings. The minimum atomic E-state index is -1.95. The SMILES string of the molecule is O=Cc1cnc(F)c(B(O)O)c1. The van der Waals surface area contributed by atoms with Gasteiger partial charge in [0, 0.05) is 17.2 Å². The summed E-state index contributed by atoms with van der Waals surface area (Å²) in [7, 11) is -1.95. The highest BCUT2D eigenvalue weighted by atomic mass is 19.1. The molecule has 0 spiro atoms. The van der Waals surface area contributed by atoms with E-state index < -0.39 is 18.5 Å².